The monoisotopic (exact) mass is 369 g/mol. The molecule has 1 aliphatic rings. The third-order valence-electron chi connectivity index (χ3n) is 4.63. The lowest BCUT2D eigenvalue weighted by molar-refractivity contribution is 0.627. The maximum absolute atomic E-state index is 4.91. The number of imidazole rings is 1. The van der Waals surface area contributed by atoms with Gasteiger partial charge in [0.25, 0.3) is 0 Å². The lowest BCUT2D eigenvalue weighted by Crippen LogP contribution is -2.31. The Morgan fingerprint density at radius 2 is 1.61 bits per heavy atom. The summed E-state index contributed by atoms with van der Waals surface area (Å²) in [6.07, 6.45) is -0.238. The second-order valence-electron chi connectivity index (χ2n) is 6.78. The molecule has 0 amide bonds. The van der Waals surface area contributed by atoms with E-state index in [9.17, 15) is 0 Å². The number of rotatable bonds is 2. The Labute approximate surface area is 162 Å². The second kappa shape index (κ2) is 6.45. The summed E-state index contributed by atoms with van der Waals surface area (Å²) in [6.45, 7) is 3.89. The largest absolute Gasteiger partial charge is 0.296 e. The molecule has 3 heterocycles. The number of fused-ring (bicyclic) bond motifs is 3. The van der Waals surface area contributed by atoms with Crippen LogP contribution in [0.1, 0.15) is 23.1 Å². The van der Waals surface area contributed by atoms with Crippen LogP contribution < -0.4 is 10.6 Å². The van der Waals surface area contributed by atoms with Gasteiger partial charge in [0.05, 0.1) is 11.0 Å². The maximum atomic E-state index is 4.91. The van der Waals surface area contributed by atoms with Gasteiger partial charge in [-0.05, 0) is 37.6 Å². The van der Waals surface area contributed by atoms with E-state index in [1.807, 2.05) is 56.3 Å². The third kappa shape index (κ3) is 2.87. The highest BCUT2D eigenvalue weighted by molar-refractivity contribution is 6.03. The fraction of sp³-hybridized carbons (Fsp3) is 0.143. The Kier molecular flexibility index (Phi) is 3.79. The number of nitrogens with one attached hydrogen (secondary N) is 2. The number of aryl methyl sites for hydroxylation is 2. The Bertz CT molecular complexity index is 1170. The molecule has 0 saturated carbocycles. The Morgan fingerprint density at radius 1 is 0.893 bits per heavy atom. The lowest BCUT2D eigenvalue weighted by atomic mass is 10.1. The van der Waals surface area contributed by atoms with E-state index in [4.69, 9.17) is 9.98 Å². The van der Waals surface area contributed by atoms with Gasteiger partial charge in [-0.25, -0.2) is 19.9 Å². The van der Waals surface area contributed by atoms with Crippen molar-refractivity contribution in [3.05, 3.63) is 77.6 Å². The predicted octanol–water partition coefficient (Wildman–Crippen LogP) is 3.88. The number of anilines is 2. The minimum Gasteiger partial charge on any atom is -0.296 e. The normalized spacial score (nSPS) is 15.6. The number of aliphatic imine (C=N–C) groups is 1. The van der Waals surface area contributed by atoms with Gasteiger partial charge in [-0.3, -0.25) is 15.2 Å². The van der Waals surface area contributed by atoms with E-state index in [0.29, 0.717) is 11.9 Å². The number of hydrogen-bond acceptors (Lipinski definition) is 6. The molecule has 0 aliphatic carbocycles. The molecule has 1 aliphatic heterocycles. The van der Waals surface area contributed by atoms with Crippen molar-refractivity contribution in [3.8, 4) is 0 Å². The van der Waals surface area contributed by atoms with Crippen LogP contribution in [0.4, 0.5) is 11.9 Å². The summed E-state index contributed by atoms with van der Waals surface area (Å²) in [7, 11) is 0. The topological polar surface area (TPSA) is 80.0 Å². The van der Waals surface area contributed by atoms with Gasteiger partial charge in [0.2, 0.25) is 17.9 Å². The van der Waals surface area contributed by atoms with Crippen LogP contribution in [0.2, 0.25) is 0 Å². The summed E-state index contributed by atoms with van der Waals surface area (Å²) in [4.78, 5) is 18.6. The second-order valence-corrected chi connectivity index (χ2v) is 6.78. The molecule has 0 bridgehead atoms. The molecular weight excluding hydrogens is 350 g/mol. The van der Waals surface area contributed by atoms with E-state index in [1.165, 1.54) is 0 Å². The van der Waals surface area contributed by atoms with Gasteiger partial charge in [-0.2, -0.15) is 0 Å². The maximum Gasteiger partial charge on any atom is 0.229 e. The van der Waals surface area contributed by atoms with Crippen LogP contribution >= 0.6 is 0 Å². The zero-order valence-corrected chi connectivity index (χ0v) is 15.6. The number of aromatic nitrogens is 4. The molecule has 7 nitrogen and oxygen atoms in total. The van der Waals surface area contributed by atoms with Crippen molar-refractivity contribution < 1.29 is 0 Å². The first-order valence-electron chi connectivity index (χ1n) is 9.13. The molecular formula is C21H19N7. The molecule has 2 N–H and O–H groups in total. The standard InChI is InChI=1S/C21H19N7/c1-13-12-14(2)23-19(22-13)26-20-25-18(15-8-4-3-5-9-15)28-17-11-7-6-10-16(17)24-21(28)27-20/h3-12,18H,1-2H3,(H2,22,23,24,25,26,27)/t18-/m0/s1. The first kappa shape index (κ1) is 16.4. The van der Waals surface area contributed by atoms with Crippen molar-refractivity contribution in [2.45, 2.75) is 20.0 Å². The van der Waals surface area contributed by atoms with Crippen LogP contribution in [0.15, 0.2) is 65.7 Å². The fourth-order valence-electron chi connectivity index (χ4n) is 3.50. The number of benzene rings is 2. The quantitative estimate of drug-likeness (QED) is 0.560. The van der Waals surface area contributed by atoms with Gasteiger partial charge >= 0.3 is 0 Å². The third-order valence-corrected chi connectivity index (χ3v) is 4.63. The van der Waals surface area contributed by atoms with Gasteiger partial charge in [0.1, 0.15) is 0 Å². The summed E-state index contributed by atoms with van der Waals surface area (Å²) < 4.78 is 2.11. The Hall–Kier alpha value is -3.74. The van der Waals surface area contributed by atoms with Gasteiger partial charge in [0.15, 0.2) is 6.17 Å². The highest BCUT2D eigenvalue weighted by Crippen LogP contribution is 2.32. The van der Waals surface area contributed by atoms with Crippen LogP contribution in [-0.2, 0) is 0 Å². The molecule has 28 heavy (non-hydrogen) atoms. The number of guanidine groups is 1. The summed E-state index contributed by atoms with van der Waals surface area (Å²) in [5.41, 5.74) is 4.83. The molecule has 0 saturated heterocycles. The van der Waals surface area contributed by atoms with Crippen molar-refractivity contribution in [1.82, 2.24) is 19.5 Å². The molecule has 138 valence electrons. The van der Waals surface area contributed by atoms with Gasteiger partial charge in [0, 0.05) is 11.4 Å². The SMILES string of the molecule is Cc1cc(C)nc(NC2=N[C@H](c3ccccc3)n3c(nc4ccccc43)N2)n1. The van der Waals surface area contributed by atoms with Crippen LogP contribution in [0.3, 0.4) is 0 Å². The predicted molar refractivity (Wildman–Crippen MR) is 111 cm³/mol. The fourth-order valence-corrected chi connectivity index (χ4v) is 3.50. The van der Waals surface area contributed by atoms with Crippen LogP contribution in [0, 0.1) is 13.8 Å². The van der Waals surface area contributed by atoms with Crippen molar-refractivity contribution >= 4 is 28.9 Å². The van der Waals surface area contributed by atoms with Gasteiger partial charge in [-0.1, -0.05) is 42.5 Å². The minimum atomic E-state index is -0.238. The van der Waals surface area contributed by atoms with Gasteiger partial charge in [-0.15, -0.1) is 0 Å². The molecule has 0 spiro atoms. The van der Waals surface area contributed by atoms with E-state index < -0.39 is 0 Å². The molecule has 2 aromatic heterocycles. The van der Waals surface area contributed by atoms with E-state index in [2.05, 4.69) is 43.4 Å². The zero-order valence-electron chi connectivity index (χ0n) is 15.6. The molecule has 2 aromatic carbocycles. The molecule has 1 atom stereocenters. The number of para-hydroxylation sites is 2. The molecule has 0 radical (unpaired) electrons. The van der Waals surface area contributed by atoms with Crippen molar-refractivity contribution in [2.75, 3.05) is 10.6 Å². The average molecular weight is 369 g/mol. The lowest BCUT2D eigenvalue weighted by Gasteiger charge is -2.25. The van der Waals surface area contributed by atoms with Crippen LogP contribution in [-0.4, -0.2) is 25.5 Å². The molecule has 0 unspecified atom stereocenters. The highest BCUT2D eigenvalue weighted by atomic mass is 15.4. The van der Waals surface area contributed by atoms with Crippen molar-refractivity contribution in [3.63, 3.8) is 0 Å². The van der Waals surface area contributed by atoms with E-state index >= 15 is 0 Å². The van der Waals surface area contributed by atoms with E-state index in [-0.39, 0.29) is 6.17 Å². The summed E-state index contributed by atoms with van der Waals surface area (Å²) in [6, 6.07) is 20.2. The van der Waals surface area contributed by atoms with E-state index in [0.717, 1.165) is 33.9 Å². The summed E-state index contributed by atoms with van der Waals surface area (Å²) >= 11 is 0. The van der Waals surface area contributed by atoms with Crippen molar-refractivity contribution in [2.24, 2.45) is 4.99 Å². The summed E-state index contributed by atoms with van der Waals surface area (Å²) in [5.74, 6) is 1.82. The van der Waals surface area contributed by atoms with Crippen LogP contribution in [0.25, 0.3) is 11.0 Å². The molecule has 7 heteroatoms. The minimum absolute atomic E-state index is 0.238. The first-order chi connectivity index (χ1) is 13.7. The average Bonchev–Trinajstić information content (AvgIpc) is 3.05. The number of nitrogens with zero attached hydrogens (tertiary/aromatic N) is 5. The summed E-state index contributed by atoms with van der Waals surface area (Å²) in [5, 5.41) is 6.50. The van der Waals surface area contributed by atoms with Gasteiger partial charge < -0.3 is 0 Å². The zero-order chi connectivity index (χ0) is 19.1. The molecule has 4 aromatic rings. The van der Waals surface area contributed by atoms with Crippen LogP contribution in [0.5, 0.6) is 0 Å². The Morgan fingerprint density at radius 3 is 2.39 bits per heavy atom. The number of hydrogen-bond donors (Lipinski definition) is 2. The highest BCUT2D eigenvalue weighted by Gasteiger charge is 2.26. The first-order valence-corrected chi connectivity index (χ1v) is 9.13. The van der Waals surface area contributed by atoms with Crippen molar-refractivity contribution in [1.29, 1.82) is 0 Å². The molecule has 0 fully saturated rings. The molecule has 5 rings (SSSR count). The Balaban J connectivity index is 1.61. The smallest absolute Gasteiger partial charge is 0.229 e. The van der Waals surface area contributed by atoms with E-state index in [1.54, 1.807) is 0 Å².